The maximum atomic E-state index is 11.9. The quantitative estimate of drug-likeness (QED) is 0.0408. The van der Waals surface area contributed by atoms with E-state index in [4.69, 9.17) is 0 Å². The maximum absolute atomic E-state index is 11.9. The number of hydrogen-bond acceptors (Lipinski definition) is 18. The molecule has 0 spiro atoms. The van der Waals surface area contributed by atoms with Crippen LogP contribution in [0.1, 0.15) is 71.7 Å². The van der Waals surface area contributed by atoms with E-state index in [0.717, 1.165) is 16.7 Å². The Hall–Kier alpha value is -12.3. The Morgan fingerprint density at radius 3 is 0.796 bits per heavy atom. The van der Waals surface area contributed by atoms with Gasteiger partial charge < -0.3 is 16.0 Å². The maximum Gasteiger partial charge on any atom is 0.269 e. The molecule has 10 aromatic rings. The highest BCUT2D eigenvalue weighted by atomic mass is 32.1. The highest BCUT2D eigenvalue weighted by Gasteiger charge is 2.21. The number of amides is 3. The van der Waals surface area contributed by atoms with Gasteiger partial charge in [-0.1, -0.05) is 182 Å². The third-order valence-corrected chi connectivity index (χ3v) is 15.7. The molecule has 3 heterocycles. The minimum absolute atomic E-state index is 0.0224. The lowest BCUT2D eigenvalue weighted by molar-refractivity contribution is -0.385. The summed E-state index contributed by atoms with van der Waals surface area (Å²) in [7, 11) is 0. The van der Waals surface area contributed by atoms with Crippen LogP contribution in [-0.4, -0.2) is 47.4 Å². The van der Waals surface area contributed by atoms with Crippen LogP contribution in [0.15, 0.2) is 200 Å². The number of aromatic nitrogens is 3. The van der Waals surface area contributed by atoms with Crippen molar-refractivity contribution < 1.29 is 29.2 Å². The lowest BCUT2D eigenvalue weighted by atomic mass is 10.1. The Balaban J connectivity index is 0.000000188. The minimum atomic E-state index is -0.478. The Morgan fingerprint density at radius 1 is 0.387 bits per heavy atom. The molecule has 0 aliphatic carbocycles. The van der Waals surface area contributed by atoms with Gasteiger partial charge in [-0.2, -0.15) is 15.8 Å². The summed E-state index contributed by atoms with van der Waals surface area (Å²) in [4.78, 5) is 80.5. The van der Waals surface area contributed by atoms with Crippen molar-refractivity contribution in [3.8, 4) is 52.0 Å². The Bertz CT molecular complexity index is 4020. The summed E-state index contributed by atoms with van der Waals surface area (Å²) in [6.45, 7) is 5.28. The average molecular weight is 1290 g/mol. The molecular weight excluding hydrogens is 1240 g/mol. The molecular formula is C69H54N12O9S3. The van der Waals surface area contributed by atoms with Gasteiger partial charge in [0, 0.05) is 72.4 Å². The molecule has 3 amide bonds. The Kier molecular flexibility index (Phi) is 25.3. The van der Waals surface area contributed by atoms with E-state index in [2.05, 4.69) is 49.1 Å². The number of thiazole rings is 3. The van der Waals surface area contributed by atoms with Crippen molar-refractivity contribution in [2.24, 2.45) is 0 Å². The summed E-state index contributed by atoms with van der Waals surface area (Å²) in [5, 5.41) is 72.9. The highest BCUT2D eigenvalue weighted by molar-refractivity contribution is 7.18. The summed E-state index contributed by atoms with van der Waals surface area (Å²) in [6.07, 6.45) is 5.82. The van der Waals surface area contributed by atoms with E-state index in [0.29, 0.717) is 99.8 Å². The number of nitro groups is 3. The third-order valence-electron chi connectivity index (χ3n) is 12.7. The molecule has 24 heteroatoms. The Morgan fingerprint density at radius 2 is 0.602 bits per heavy atom. The first-order chi connectivity index (χ1) is 45.0. The first kappa shape index (κ1) is 68.2. The topological polar surface area (TPSA) is 327 Å². The van der Waals surface area contributed by atoms with Gasteiger partial charge in [-0.25, -0.2) is 15.0 Å². The smallest absolute Gasteiger partial charge is 0.269 e. The summed E-state index contributed by atoms with van der Waals surface area (Å²) in [5.41, 5.74) is 7.04. The zero-order valence-corrected chi connectivity index (χ0v) is 52.3. The van der Waals surface area contributed by atoms with E-state index in [1.54, 1.807) is 75.4 Å². The van der Waals surface area contributed by atoms with E-state index in [1.807, 2.05) is 127 Å². The number of nitrogens with zero attached hydrogens (tertiary/aromatic N) is 9. The summed E-state index contributed by atoms with van der Waals surface area (Å²) >= 11 is 3.65. The highest BCUT2D eigenvalue weighted by Crippen LogP contribution is 2.40. The normalized spacial score (nSPS) is 10.8. The van der Waals surface area contributed by atoms with Crippen LogP contribution in [-0.2, 0) is 14.4 Å². The SMILES string of the molecule is CCC(=O)Nc1sc(/C(C#N)=C/c2ccc([N+](=O)[O-])cc2)nc1-c1ccccc1.CCC(=O)Nc1sc(/C(C#N)=C/c2ccc([N+](=O)[O-])cc2)nc1-c1ccccc1.CCC(=O)Nc1sc(/C(C#N)=C/c2ccc([N+](=O)[O-])cc2)nc1-c1ccccc1.c1ccccc1. The van der Waals surface area contributed by atoms with E-state index < -0.39 is 14.8 Å². The van der Waals surface area contributed by atoms with Gasteiger partial charge in [0.2, 0.25) is 17.7 Å². The van der Waals surface area contributed by atoms with Gasteiger partial charge in [0.25, 0.3) is 17.1 Å². The van der Waals surface area contributed by atoms with Crippen LogP contribution in [0.4, 0.5) is 32.1 Å². The second-order valence-electron chi connectivity index (χ2n) is 19.1. The van der Waals surface area contributed by atoms with Gasteiger partial charge in [0.15, 0.2) is 0 Å². The number of nitrogens with one attached hydrogen (secondary N) is 3. The molecule has 3 aromatic heterocycles. The molecule has 462 valence electrons. The molecule has 0 fully saturated rings. The second kappa shape index (κ2) is 34.5. The number of nitro benzene ring substituents is 3. The summed E-state index contributed by atoms with van der Waals surface area (Å²) < 4.78 is 0. The molecule has 0 aliphatic heterocycles. The van der Waals surface area contributed by atoms with E-state index in [-0.39, 0.29) is 34.8 Å². The van der Waals surface area contributed by atoms with Crippen LogP contribution in [0.3, 0.4) is 0 Å². The zero-order valence-electron chi connectivity index (χ0n) is 49.8. The number of anilines is 3. The van der Waals surface area contributed by atoms with Crippen LogP contribution in [0.25, 0.3) is 68.7 Å². The fourth-order valence-corrected chi connectivity index (χ4v) is 10.9. The number of rotatable bonds is 18. The molecule has 0 atom stereocenters. The number of allylic oxidation sites excluding steroid dienone is 3. The largest absolute Gasteiger partial charge is 0.316 e. The first-order valence-electron chi connectivity index (χ1n) is 28.2. The van der Waals surface area contributed by atoms with Crippen molar-refractivity contribution in [1.29, 1.82) is 15.8 Å². The van der Waals surface area contributed by atoms with Crippen molar-refractivity contribution in [2.75, 3.05) is 16.0 Å². The zero-order chi connectivity index (χ0) is 66.7. The number of carbonyl (C=O) groups is 3. The molecule has 3 N–H and O–H groups in total. The van der Waals surface area contributed by atoms with Gasteiger partial charge in [-0.05, 0) is 71.3 Å². The number of nitriles is 3. The Labute approximate surface area is 545 Å². The fraction of sp³-hybridized carbons (Fsp3) is 0.0870. The summed E-state index contributed by atoms with van der Waals surface area (Å²) in [6, 6.07) is 64.3. The van der Waals surface area contributed by atoms with Crippen LogP contribution < -0.4 is 16.0 Å². The number of carbonyl (C=O) groups excluding carboxylic acids is 3. The lowest BCUT2D eigenvalue weighted by Gasteiger charge is -2.03. The molecule has 0 unspecified atom stereocenters. The van der Waals surface area contributed by atoms with E-state index in [9.17, 15) is 60.5 Å². The monoisotopic (exact) mass is 1290 g/mol. The van der Waals surface area contributed by atoms with Crippen molar-refractivity contribution in [1.82, 2.24) is 15.0 Å². The van der Waals surface area contributed by atoms with Crippen LogP contribution >= 0.6 is 34.0 Å². The number of hydrogen-bond donors (Lipinski definition) is 3. The van der Waals surface area contributed by atoms with Gasteiger partial charge >= 0.3 is 0 Å². The molecule has 0 radical (unpaired) electrons. The molecule has 93 heavy (non-hydrogen) atoms. The predicted octanol–water partition coefficient (Wildman–Crippen LogP) is 17.1. The van der Waals surface area contributed by atoms with Crippen molar-refractivity contribution in [3.63, 3.8) is 0 Å². The third kappa shape index (κ3) is 19.9. The van der Waals surface area contributed by atoms with Crippen molar-refractivity contribution in [2.45, 2.75) is 40.0 Å². The van der Waals surface area contributed by atoms with Gasteiger partial charge in [0.1, 0.15) is 65.3 Å². The van der Waals surface area contributed by atoms with Gasteiger partial charge in [-0.15, -0.1) is 0 Å². The molecule has 0 saturated heterocycles. The molecule has 10 rings (SSSR count). The van der Waals surface area contributed by atoms with Crippen LogP contribution in [0, 0.1) is 64.3 Å². The predicted molar refractivity (Wildman–Crippen MR) is 366 cm³/mol. The average Bonchev–Trinajstić information content (AvgIpc) is 1.88. The van der Waals surface area contributed by atoms with E-state index >= 15 is 0 Å². The van der Waals surface area contributed by atoms with Crippen LogP contribution in [0.2, 0.25) is 0 Å². The summed E-state index contributed by atoms with van der Waals surface area (Å²) in [5.74, 6) is -0.430. The first-order valence-corrected chi connectivity index (χ1v) is 30.7. The second-order valence-corrected chi connectivity index (χ2v) is 22.1. The molecule has 0 bridgehead atoms. The van der Waals surface area contributed by atoms with Crippen molar-refractivity contribution >= 4 is 119 Å². The van der Waals surface area contributed by atoms with Crippen LogP contribution in [0.5, 0.6) is 0 Å². The van der Waals surface area contributed by atoms with Gasteiger partial charge in [0.05, 0.1) is 31.5 Å². The standard InChI is InChI=1S/3C21H16N4O3S.C6H6/c3*1-2-18(26)23-21-19(15-6-4-3-5-7-15)24-20(29-21)16(13-22)12-14-8-10-17(11-9-14)25(27)28;1-2-4-6-5-3-1/h3*3-12H,2H2,1H3,(H,23,26);1-6H/b3*16-12+;. The molecule has 0 saturated carbocycles. The fourth-order valence-electron chi connectivity index (χ4n) is 7.97. The molecule has 21 nitrogen and oxygen atoms in total. The molecule has 7 aromatic carbocycles. The number of benzene rings is 7. The minimum Gasteiger partial charge on any atom is -0.316 e. The number of non-ortho nitro benzene ring substituents is 3. The van der Waals surface area contributed by atoms with Gasteiger partial charge in [-0.3, -0.25) is 44.7 Å². The van der Waals surface area contributed by atoms with Crippen molar-refractivity contribution in [3.05, 3.63) is 262 Å². The van der Waals surface area contributed by atoms with E-state index in [1.165, 1.54) is 70.4 Å². The molecule has 0 aliphatic rings. The lowest BCUT2D eigenvalue weighted by Crippen LogP contribution is -2.08.